The van der Waals surface area contributed by atoms with Gasteiger partial charge in [-0.2, -0.15) is 0 Å². The van der Waals surface area contributed by atoms with Crippen LogP contribution in [-0.4, -0.2) is 28.6 Å². The van der Waals surface area contributed by atoms with Gasteiger partial charge in [0.1, 0.15) is 0 Å². The van der Waals surface area contributed by atoms with E-state index >= 15 is 0 Å². The molecule has 0 atom stereocenters. The first-order valence-electron chi connectivity index (χ1n) is 6.62. The SMILES string of the molecule is CC(C)CN(Cc1ccc(C(=O)O)cc1)C1CC1.Cl. The van der Waals surface area contributed by atoms with Crippen LogP contribution in [0.3, 0.4) is 0 Å². The van der Waals surface area contributed by atoms with Gasteiger partial charge < -0.3 is 5.11 Å². The molecule has 1 fully saturated rings. The lowest BCUT2D eigenvalue weighted by atomic mass is 10.1. The van der Waals surface area contributed by atoms with Crippen LogP contribution in [0.25, 0.3) is 0 Å². The zero-order chi connectivity index (χ0) is 13.1. The lowest BCUT2D eigenvalue weighted by Gasteiger charge is -2.24. The lowest BCUT2D eigenvalue weighted by Crippen LogP contribution is -2.29. The van der Waals surface area contributed by atoms with E-state index in [1.165, 1.54) is 18.4 Å². The van der Waals surface area contributed by atoms with Crippen molar-refractivity contribution in [2.75, 3.05) is 6.54 Å². The summed E-state index contributed by atoms with van der Waals surface area (Å²) in [5, 5.41) is 8.86. The monoisotopic (exact) mass is 283 g/mol. The summed E-state index contributed by atoms with van der Waals surface area (Å²) >= 11 is 0. The maximum absolute atomic E-state index is 10.8. The fourth-order valence-corrected chi connectivity index (χ4v) is 2.24. The van der Waals surface area contributed by atoms with Crippen LogP contribution in [0, 0.1) is 5.92 Å². The molecule has 0 bridgehead atoms. The van der Waals surface area contributed by atoms with Crippen molar-refractivity contribution in [3.05, 3.63) is 35.4 Å². The normalized spacial score (nSPS) is 14.5. The first-order valence-corrected chi connectivity index (χ1v) is 6.62. The molecule has 19 heavy (non-hydrogen) atoms. The van der Waals surface area contributed by atoms with Crippen molar-refractivity contribution in [3.8, 4) is 0 Å². The van der Waals surface area contributed by atoms with E-state index in [1.54, 1.807) is 12.1 Å². The number of hydrogen-bond acceptors (Lipinski definition) is 2. The molecule has 3 nitrogen and oxygen atoms in total. The van der Waals surface area contributed by atoms with E-state index in [1.807, 2.05) is 12.1 Å². The molecular formula is C15H22ClNO2. The Bertz CT molecular complexity index is 413. The Morgan fingerprint density at radius 1 is 1.32 bits per heavy atom. The standard InChI is InChI=1S/C15H21NO2.ClH/c1-11(2)9-16(14-7-8-14)10-12-3-5-13(6-4-12)15(17)18;/h3-6,11,14H,7-10H2,1-2H3,(H,17,18);1H. The number of benzene rings is 1. The molecule has 1 aliphatic carbocycles. The molecule has 0 heterocycles. The fourth-order valence-electron chi connectivity index (χ4n) is 2.24. The number of carbonyl (C=O) groups is 1. The summed E-state index contributed by atoms with van der Waals surface area (Å²) in [4.78, 5) is 13.3. The van der Waals surface area contributed by atoms with Crippen molar-refractivity contribution in [1.29, 1.82) is 0 Å². The van der Waals surface area contributed by atoms with Gasteiger partial charge in [-0.3, -0.25) is 4.90 Å². The second-order valence-corrected chi connectivity index (χ2v) is 5.56. The van der Waals surface area contributed by atoms with Gasteiger partial charge in [-0.15, -0.1) is 12.4 Å². The molecule has 0 radical (unpaired) electrons. The van der Waals surface area contributed by atoms with Gasteiger partial charge in [0.2, 0.25) is 0 Å². The molecule has 0 unspecified atom stereocenters. The van der Waals surface area contributed by atoms with Gasteiger partial charge in [-0.25, -0.2) is 4.79 Å². The van der Waals surface area contributed by atoms with Gasteiger partial charge in [0.25, 0.3) is 0 Å². The summed E-state index contributed by atoms with van der Waals surface area (Å²) in [6.07, 6.45) is 2.61. The van der Waals surface area contributed by atoms with Gasteiger partial charge in [0.15, 0.2) is 0 Å². The van der Waals surface area contributed by atoms with Crippen molar-refractivity contribution < 1.29 is 9.90 Å². The summed E-state index contributed by atoms with van der Waals surface area (Å²) in [6, 6.07) is 7.99. The van der Waals surface area contributed by atoms with E-state index in [0.717, 1.165) is 19.1 Å². The minimum Gasteiger partial charge on any atom is -0.478 e. The third-order valence-electron chi connectivity index (χ3n) is 3.25. The minimum absolute atomic E-state index is 0. The number of rotatable bonds is 6. The summed E-state index contributed by atoms with van der Waals surface area (Å²) in [7, 11) is 0. The van der Waals surface area contributed by atoms with Crippen LogP contribution in [0.4, 0.5) is 0 Å². The maximum atomic E-state index is 10.8. The van der Waals surface area contributed by atoms with Crippen LogP contribution in [0.15, 0.2) is 24.3 Å². The molecular weight excluding hydrogens is 262 g/mol. The molecule has 106 valence electrons. The minimum atomic E-state index is -0.859. The van der Waals surface area contributed by atoms with Gasteiger partial charge in [0.05, 0.1) is 5.56 Å². The number of nitrogens with zero attached hydrogens (tertiary/aromatic N) is 1. The molecule has 0 aromatic heterocycles. The molecule has 1 N–H and O–H groups in total. The molecule has 0 saturated heterocycles. The van der Waals surface area contributed by atoms with Crippen LogP contribution >= 0.6 is 12.4 Å². The van der Waals surface area contributed by atoms with Crippen molar-refractivity contribution >= 4 is 18.4 Å². The Labute approximate surface area is 121 Å². The first-order chi connectivity index (χ1) is 8.56. The fraction of sp³-hybridized carbons (Fsp3) is 0.533. The molecule has 0 spiro atoms. The second kappa shape index (κ2) is 6.92. The van der Waals surface area contributed by atoms with E-state index < -0.39 is 5.97 Å². The van der Waals surface area contributed by atoms with Gasteiger partial charge in [-0.05, 0) is 36.5 Å². The van der Waals surface area contributed by atoms with Crippen LogP contribution < -0.4 is 0 Å². The van der Waals surface area contributed by atoms with Gasteiger partial charge in [-0.1, -0.05) is 26.0 Å². The molecule has 1 aromatic carbocycles. The van der Waals surface area contributed by atoms with Crippen molar-refractivity contribution in [2.45, 2.75) is 39.3 Å². The number of hydrogen-bond donors (Lipinski definition) is 1. The summed E-state index contributed by atoms with van der Waals surface area (Å²) < 4.78 is 0. The highest BCUT2D eigenvalue weighted by atomic mass is 35.5. The highest BCUT2D eigenvalue weighted by Gasteiger charge is 2.29. The molecule has 1 saturated carbocycles. The smallest absolute Gasteiger partial charge is 0.335 e. The van der Waals surface area contributed by atoms with E-state index in [4.69, 9.17) is 5.11 Å². The Kier molecular flexibility index (Phi) is 5.83. The number of carboxylic acid groups (broad SMARTS) is 1. The molecule has 0 aliphatic heterocycles. The Balaban J connectivity index is 0.00000180. The van der Waals surface area contributed by atoms with E-state index in [0.29, 0.717) is 11.5 Å². The first kappa shape index (κ1) is 16.0. The van der Waals surface area contributed by atoms with Crippen LogP contribution in [0.2, 0.25) is 0 Å². The van der Waals surface area contributed by atoms with Crippen LogP contribution in [0.5, 0.6) is 0 Å². The second-order valence-electron chi connectivity index (χ2n) is 5.56. The Morgan fingerprint density at radius 3 is 2.32 bits per heavy atom. The summed E-state index contributed by atoms with van der Waals surface area (Å²) in [5.41, 5.74) is 1.56. The Hall–Kier alpha value is -1.06. The molecule has 2 rings (SSSR count). The lowest BCUT2D eigenvalue weighted by molar-refractivity contribution is 0.0697. The van der Waals surface area contributed by atoms with Crippen LogP contribution in [-0.2, 0) is 6.54 Å². The Morgan fingerprint density at radius 2 is 1.89 bits per heavy atom. The quantitative estimate of drug-likeness (QED) is 0.869. The maximum Gasteiger partial charge on any atom is 0.335 e. The van der Waals surface area contributed by atoms with Crippen LogP contribution in [0.1, 0.15) is 42.6 Å². The predicted octanol–water partition coefficient (Wildman–Crippen LogP) is 3.43. The van der Waals surface area contributed by atoms with Gasteiger partial charge in [0, 0.05) is 19.1 Å². The zero-order valence-electron chi connectivity index (χ0n) is 11.5. The average Bonchev–Trinajstić information content (AvgIpc) is 3.12. The highest BCUT2D eigenvalue weighted by Crippen LogP contribution is 2.29. The molecule has 1 aliphatic rings. The average molecular weight is 284 g/mol. The number of halogens is 1. The summed E-state index contributed by atoms with van der Waals surface area (Å²) in [5.74, 6) is -0.188. The van der Waals surface area contributed by atoms with E-state index in [9.17, 15) is 4.79 Å². The van der Waals surface area contributed by atoms with Crippen molar-refractivity contribution in [1.82, 2.24) is 4.90 Å². The van der Waals surface area contributed by atoms with Gasteiger partial charge >= 0.3 is 5.97 Å². The van der Waals surface area contributed by atoms with E-state index in [-0.39, 0.29) is 12.4 Å². The highest BCUT2D eigenvalue weighted by molar-refractivity contribution is 5.87. The van der Waals surface area contributed by atoms with E-state index in [2.05, 4.69) is 18.7 Å². The van der Waals surface area contributed by atoms with Crippen molar-refractivity contribution in [3.63, 3.8) is 0 Å². The molecule has 4 heteroatoms. The largest absolute Gasteiger partial charge is 0.478 e. The molecule has 0 amide bonds. The zero-order valence-corrected chi connectivity index (χ0v) is 12.3. The topological polar surface area (TPSA) is 40.5 Å². The summed E-state index contributed by atoms with van der Waals surface area (Å²) in [6.45, 7) is 6.53. The molecule has 1 aromatic rings. The predicted molar refractivity (Wildman–Crippen MR) is 78.9 cm³/mol. The third kappa shape index (κ3) is 4.84. The van der Waals surface area contributed by atoms with Crippen molar-refractivity contribution in [2.24, 2.45) is 5.92 Å². The third-order valence-corrected chi connectivity index (χ3v) is 3.25. The number of aromatic carboxylic acids is 1. The number of carboxylic acids is 1.